The number of halogens is 3. The number of nitrogens with zero attached hydrogens (tertiary/aromatic N) is 3. The van der Waals surface area contributed by atoms with Crippen LogP contribution in [0.2, 0.25) is 0 Å². The number of carbonyl (C=O) groups excluding carboxylic acids is 2. The lowest BCUT2D eigenvalue weighted by atomic mass is 9.91. The number of hydrazine groups is 1. The van der Waals surface area contributed by atoms with E-state index in [2.05, 4.69) is 10.7 Å². The molecule has 0 aliphatic carbocycles. The molecule has 12 heteroatoms. The van der Waals surface area contributed by atoms with Gasteiger partial charge in [0.2, 0.25) is 0 Å². The standard InChI is InChI=1S/C24H20F3N5O4/c1-2-17(22(34)35)31-12-18-19(21(33)30-31)20(14-8-6-13(11-28)7-9-14)29-23(36)32(18)16-5-3-4-15(10-16)24(25,26)27/h3-10,17,20H,2,12H2,1H3,(H,29,36)(H,30,33)(H,34,35)/t17?,20-/m1/s1. The number of carboxylic acids is 1. The minimum atomic E-state index is -4.67. The van der Waals surface area contributed by atoms with E-state index >= 15 is 0 Å². The first-order valence-electron chi connectivity index (χ1n) is 10.9. The zero-order valence-corrected chi connectivity index (χ0v) is 18.8. The molecule has 0 saturated heterocycles. The summed E-state index contributed by atoms with van der Waals surface area (Å²) in [4.78, 5) is 39.3. The van der Waals surface area contributed by atoms with Gasteiger partial charge in [-0.15, -0.1) is 0 Å². The Morgan fingerprint density at radius 3 is 2.50 bits per heavy atom. The molecule has 0 spiro atoms. The van der Waals surface area contributed by atoms with Crippen LogP contribution in [-0.4, -0.2) is 40.6 Å². The summed E-state index contributed by atoms with van der Waals surface area (Å²) in [6.07, 6.45) is -4.55. The van der Waals surface area contributed by atoms with E-state index in [1.165, 1.54) is 18.2 Å². The van der Waals surface area contributed by atoms with Gasteiger partial charge in [-0.25, -0.2) is 9.80 Å². The topological polar surface area (TPSA) is 126 Å². The monoisotopic (exact) mass is 499 g/mol. The maximum absolute atomic E-state index is 13.4. The van der Waals surface area contributed by atoms with E-state index in [-0.39, 0.29) is 29.9 Å². The molecule has 36 heavy (non-hydrogen) atoms. The van der Waals surface area contributed by atoms with E-state index in [0.717, 1.165) is 28.1 Å². The van der Waals surface area contributed by atoms with Gasteiger partial charge in [-0.3, -0.25) is 19.9 Å². The number of aliphatic carboxylic acids is 1. The van der Waals surface area contributed by atoms with Crippen LogP contribution in [0.1, 0.15) is 36.1 Å². The number of anilines is 1. The van der Waals surface area contributed by atoms with E-state index < -0.39 is 41.7 Å². The van der Waals surface area contributed by atoms with Gasteiger partial charge in [-0.1, -0.05) is 25.1 Å². The SMILES string of the molecule is CCC(C(=O)O)N1CC2=C(C(=O)N1)[C@@H](c1ccc(C#N)cc1)NC(=O)N2c1cccc(C(F)(F)F)c1. The Labute approximate surface area is 203 Å². The molecular formula is C24H20F3N5O4. The maximum atomic E-state index is 13.4. The Kier molecular flexibility index (Phi) is 6.43. The lowest BCUT2D eigenvalue weighted by Crippen LogP contribution is -2.61. The predicted octanol–water partition coefficient (Wildman–Crippen LogP) is 3.31. The molecule has 0 aromatic heterocycles. The van der Waals surface area contributed by atoms with E-state index in [1.807, 2.05) is 6.07 Å². The highest BCUT2D eigenvalue weighted by Crippen LogP contribution is 2.38. The Morgan fingerprint density at radius 1 is 1.22 bits per heavy atom. The number of rotatable bonds is 5. The number of hydrogen-bond acceptors (Lipinski definition) is 5. The number of nitriles is 1. The second-order valence-electron chi connectivity index (χ2n) is 8.19. The third kappa shape index (κ3) is 4.48. The normalized spacial score (nSPS) is 19.2. The van der Waals surface area contributed by atoms with Crippen LogP contribution < -0.4 is 15.6 Å². The molecule has 1 unspecified atom stereocenters. The molecule has 0 saturated carbocycles. The third-order valence-electron chi connectivity index (χ3n) is 6.00. The number of carboxylic acid groups (broad SMARTS) is 1. The average Bonchev–Trinajstić information content (AvgIpc) is 2.83. The summed E-state index contributed by atoms with van der Waals surface area (Å²) in [6, 6.07) is 9.28. The molecule has 2 aliphatic rings. The molecule has 0 bridgehead atoms. The summed E-state index contributed by atoms with van der Waals surface area (Å²) in [6.45, 7) is 1.36. The molecule has 0 radical (unpaired) electrons. The van der Waals surface area contributed by atoms with Gasteiger partial charge in [0.05, 0.1) is 46.7 Å². The molecular weight excluding hydrogens is 479 g/mol. The second kappa shape index (κ2) is 9.35. The van der Waals surface area contributed by atoms with Crippen molar-refractivity contribution in [1.29, 1.82) is 5.26 Å². The van der Waals surface area contributed by atoms with Crippen LogP contribution in [0.25, 0.3) is 0 Å². The smallest absolute Gasteiger partial charge is 0.416 e. The van der Waals surface area contributed by atoms with Crippen molar-refractivity contribution < 1.29 is 32.7 Å². The van der Waals surface area contributed by atoms with E-state index in [1.54, 1.807) is 19.1 Å². The van der Waals surface area contributed by atoms with Crippen molar-refractivity contribution in [3.63, 3.8) is 0 Å². The first-order chi connectivity index (χ1) is 17.0. The van der Waals surface area contributed by atoms with Crippen LogP contribution in [0.4, 0.5) is 23.7 Å². The lowest BCUT2D eigenvalue weighted by Gasteiger charge is -2.43. The summed E-state index contributed by atoms with van der Waals surface area (Å²) in [5.41, 5.74) is 2.34. The minimum Gasteiger partial charge on any atom is -0.480 e. The van der Waals surface area contributed by atoms with Gasteiger partial charge >= 0.3 is 18.2 Å². The van der Waals surface area contributed by atoms with Crippen molar-refractivity contribution >= 4 is 23.6 Å². The molecule has 0 fully saturated rings. The summed E-state index contributed by atoms with van der Waals surface area (Å²) < 4.78 is 40.2. The van der Waals surface area contributed by atoms with Crippen LogP contribution >= 0.6 is 0 Å². The van der Waals surface area contributed by atoms with E-state index in [0.29, 0.717) is 11.1 Å². The highest BCUT2D eigenvalue weighted by Gasteiger charge is 2.44. The van der Waals surface area contributed by atoms with Crippen molar-refractivity contribution in [2.45, 2.75) is 31.6 Å². The molecule has 2 heterocycles. The van der Waals surface area contributed by atoms with Crippen molar-refractivity contribution in [2.75, 3.05) is 11.4 Å². The van der Waals surface area contributed by atoms with Crippen molar-refractivity contribution in [1.82, 2.24) is 15.8 Å². The van der Waals surface area contributed by atoms with Crippen LogP contribution in [0.15, 0.2) is 59.8 Å². The van der Waals surface area contributed by atoms with Gasteiger partial charge in [-0.05, 0) is 42.3 Å². The van der Waals surface area contributed by atoms with Gasteiger partial charge < -0.3 is 10.4 Å². The highest BCUT2D eigenvalue weighted by atomic mass is 19.4. The number of urea groups is 1. The average molecular weight is 499 g/mol. The summed E-state index contributed by atoms with van der Waals surface area (Å²) in [7, 11) is 0. The lowest BCUT2D eigenvalue weighted by molar-refractivity contribution is -0.146. The minimum absolute atomic E-state index is 0.0493. The fraction of sp³-hybridized carbons (Fsp3) is 0.250. The van der Waals surface area contributed by atoms with Gasteiger partial charge in [-0.2, -0.15) is 18.4 Å². The molecule has 3 N–H and O–H groups in total. The predicted molar refractivity (Wildman–Crippen MR) is 120 cm³/mol. The summed E-state index contributed by atoms with van der Waals surface area (Å²) in [5.74, 6) is -1.92. The quantitative estimate of drug-likeness (QED) is 0.580. The largest absolute Gasteiger partial charge is 0.480 e. The molecule has 2 atom stereocenters. The van der Waals surface area contributed by atoms with Crippen molar-refractivity contribution in [3.05, 3.63) is 76.5 Å². The molecule has 2 aliphatic heterocycles. The fourth-order valence-corrected chi connectivity index (χ4v) is 4.29. The number of carbonyl (C=O) groups is 3. The number of nitrogens with one attached hydrogen (secondary N) is 2. The highest BCUT2D eigenvalue weighted by molar-refractivity contribution is 6.05. The zero-order chi connectivity index (χ0) is 26.2. The van der Waals surface area contributed by atoms with Gasteiger partial charge in [0, 0.05) is 0 Å². The van der Waals surface area contributed by atoms with Crippen molar-refractivity contribution in [3.8, 4) is 6.07 Å². The van der Waals surface area contributed by atoms with E-state index in [4.69, 9.17) is 5.26 Å². The first kappa shape index (κ1) is 24.7. The molecule has 9 nitrogen and oxygen atoms in total. The van der Waals surface area contributed by atoms with Gasteiger partial charge in [0.25, 0.3) is 5.91 Å². The van der Waals surface area contributed by atoms with Crippen LogP contribution in [0.5, 0.6) is 0 Å². The zero-order valence-electron chi connectivity index (χ0n) is 18.8. The second-order valence-corrected chi connectivity index (χ2v) is 8.19. The van der Waals surface area contributed by atoms with Crippen LogP contribution in [0.3, 0.4) is 0 Å². The Balaban J connectivity index is 1.88. The Morgan fingerprint density at radius 2 is 1.92 bits per heavy atom. The van der Waals surface area contributed by atoms with Gasteiger partial charge in [0.1, 0.15) is 6.04 Å². The molecule has 2 aromatic carbocycles. The summed E-state index contributed by atoms with van der Waals surface area (Å²) >= 11 is 0. The molecule has 2 aromatic rings. The Bertz CT molecular complexity index is 1300. The number of hydrogen-bond donors (Lipinski definition) is 3. The maximum Gasteiger partial charge on any atom is 0.416 e. The number of benzene rings is 2. The van der Waals surface area contributed by atoms with Crippen LogP contribution in [0, 0.1) is 11.3 Å². The van der Waals surface area contributed by atoms with E-state index in [9.17, 15) is 32.7 Å². The number of alkyl halides is 3. The third-order valence-corrected chi connectivity index (χ3v) is 6.00. The van der Waals surface area contributed by atoms with Crippen molar-refractivity contribution in [2.24, 2.45) is 0 Å². The number of amides is 3. The summed E-state index contributed by atoms with van der Waals surface area (Å²) in [5, 5.41) is 22.5. The molecule has 3 amide bonds. The Hall–Kier alpha value is -4.37. The molecule has 4 rings (SSSR count). The van der Waals surface area contributed by atoms with Gasteiger partial charge in [0.15, 0.2) is 0 Å². The fourth-order valence-electron chi connectivity index (χ4n) is 4.29. The van der Waals surface area contributed by atoms with Crippen LogP contribution in [-0.2, 0) is 15.8 Å². The molecule has 186 valence electrons. The first-order valence-corrected chi connectivity index (χ1v) is 10.9.